The van der Waals surface area contributed by atoms with Gasteiger partial charge in [0.2, 0.25) is 0 Å². The van der Waals surface area contributed by atoms with Crippen LogP contribution in [0.1, 0.15) is 13.3 Å². The molecule has 17 heavy (non-hydrogen) atoms. The monoisotopic (exact) mass is 233 g/mol. The normalized spacial score (nSPS) is 26.2. The van der Waals surface area contributed by atoms with Gasteiger partial charge in [0.1, 0.15) is 0 Å². The number of piperazine rings is 1. The molecule has 3 nitrogen and oxygen atoms in total. The summed E-state index contributed by atoms with van der Waals surface area (Å²) in [4.78, 5) is 4.94. The summed E-state index contributed by atoms with van der Waals surface area (Å²) in [5.74, 6) is 0. The third kappa shape index (κ3) is 2.79. The number of likely N-dealkylation sites (N-methyl/N-ethyl adjacent to an activating group) is 1. The molecule has 0 aliphatic carbocycles. The quantitative estimate of drug-likeness (QED) is 0.859. The van der Waals surface area contributed by atoms with Crippen molar-refractivity contribution in [1.29, 1.82) is 0 Å². The van der Waals surface area contributed by atoms with E-state index in [0.29, 0.717) is 12.1 Å². The number of rotatable bonds is 3. The number of hydrogen-bond donors (Lipinski definition) is 1. The van der Waals surface area contributed by atoms with E-state index in [2.05, 4.69) is 54.1 Å². The second-order valence-electron chi connectivity index (χ2n) is 5.01. The van der Waals surface area contributed by atoms with E-state index in [9.17, 15) is 0 Å². The Labute approximate surface area is 104 Å². The van der Waals surface area contributed by atoms with Gasteiger partial charge in [-0.25, -0.2) is 0 Å². The van der Waals surface area contributed by atoms with Gasteiger partial charge in [0.05, 0.1) is 0 Å². The molecule has 1 aromatic carbocycles. The fourth-order valence-electron chi connectivity index (χ4n) is 2.56. The largest absolute Gasteiger partial charge is 0.366 e. The van der Waals surface area contributed by atoms with E-state index in [1.165, 1.54) is 5.69 Å². The molecule has 94 valence electrons. The average molecular weight is 233 g/mol. The molecular formula is C14H23N3. The molecule has 0 amide bonds. The van der Waals surface area contributed by atoms with Gasteiger partial charge >= 0.3 is 0 Å². The Kier molecular flexibility index (Phi) is 4.02. The Balaban J connectivity index is 2.17. The van der Waals surface area contributed by atoms with Crippen molar-refractivity contribution in [3.63, 3.8) is 0 Å². The molecule has 0 bridgehead atoms. The molecule has 1 heterocycles. The molecule has 0 saturated carbocycles. The average Bonchev–Trinajstić information content (AvgIpc) is 2.35. The van der Waals surface area contributed by atoms with Crippen molar-refractivity contribution >= 4 is 5.69 Å². The number of nitrogens with zero attached hydrogens (tertiary/aromatic N) is 2. The van der Waals surface area contributed by atoms with E-state index in [4.69, 9.17) is 5.73 Å². The third-order valence-corrected chi connectivity index (χ3v) is 3.74. The van der Waals surface area contributed by atoms with Gasteiger partial charge in [0, 0.05) is 30.9 Å². The van der Waals surface area contributed by atoms with Crippen LogP contribution in [0.2, 0.25) is 0 Å². The zero-order valence-corrected chi connectivity index (χ0v) is 10.8. The fourth-order valence-corrected chi connectivity index (χ4v) is 2.56. The first-order chi connectivity index (χ1) is 8.22. The topological polar surface area (TPSA) is 32.5 Å². The maximum atomic E-state index is 5.73. The molecule has 1 saturated heterocycles. The van der Waals surface area contributed by atoms with Crippen molar-refractivity contribution < 1.29 is 0 Å². The van der Waals surface area contributed by atoms with Crippen LogP contribution in [0.15, 0.2) is 30.3 Å². The summed E-state index contributed by atoms with van der Waals surface area (Å²) in [6.45, 7) is 5.24. The van der Waals surface area contributed by atoms with Crippen LogP contribution in [0.25, 0.3) is 0 Å². The molecule has 1 fully saturated rings. The number of benzene rings is 1. The molecular weight excluding hydrogens is 210 g/mol. The first kappa shape index (κ1) is 12.4. The van der Waals surface area contributed by atoms with Crippen LogP contribution in [0.5, 0.6) is 0 Å². The first-order valence-corrected chi connectivity index (χ1v) is 6.44. The van der Waals surface area contributed by atoms with E-state index < -0.39 is 0 Å². The van der Waals surface area contributed by atoms with Crippen LogP contribution in [-0.2, 0) is 0 Å². The smallest absolute Gasteiger partial charge is 0.0429 e. The van der Waals surface area contributed by atoms with Gasteiger partial charge < -0.3 is 10.6 Å². The molecule has 0 aromatic heterocycles. The molecule has 3 heteroatoms. The number of hydrogen-bond acceptors (Lipinski definition) is 3. The van der Waals surface area contributed by atoms with E-state index in [1.54, 1.807) is 0 Å². The number of anilines is 1. The summed E-state index contributed by atoms with van der Waals surface area (Å²) in [5.41, 5.74) is 7.06. The van der Waals surface area contributed by atoms with Gasteiger partial charge in [-0.15, -0.1) is 0 Å². The highest BCUT2D eigenvalue weighted by molar-refractivity contribution is 5.48. The lowest BCUT2D eigenvalue weighted by molar-refractivity contribution is 0.196. The van der Waals surface area contributed by atoms with Crippen molar-refractivity contribution in [3.8, 4) is 0 Å². The molecule has 2 atom stereocenters. The zero-order chi connectivity index (χ0) is 12.3. The van der Waals surface area contributed by atoms with Gasteiger partial charge in [-0.2, -0.15) is 0 Å². The van der Waals surface area contributed by atoms with Crippen molar-refractivity contribution in [1.82, 2.24) is 4.90 Å². The minimum atomic E-state index is 0.545. The fraction of sp³-hybridized carbons (Fsp3) is 0.571. The van der Waals surface area contributed by atoms with Gasteiger partial charge in [-0.05, 0) is 39.1 Å². The Morgan fingerprint density at radius 3 is 2.59 bits per heavy atom. The third-order valence-electron chi connectivity index (χ3n) is 3.74. The minimum absolute atomic E-state index is 0.545. The maximum absolute atomic E-state index is 5.73. The summed E-state index contributed by atoms with van der Waals surface area (Å²) in [5, 5.41) is 0. The Morgan fingerprint density at radius 2 is 1.94 bits per heavy atom. The molecule has 0 spiro atoms. The summed E-state index contributed by atoms with van der Waals surface area (Å²) >= 11 is 0. The van der Waals surface area contributed by atoms with Crippen LogP contribution in [0.3, 0.4) is 0 Å². The lowest BCUT2D eigenvalue weighted by Gasteiger charge is -2.45. The molecule has 0 radical (unpaired) electrons. The minimum Gasteiger partial charge on any atom is -0.366 e. The summed E-state index contributed by atoms with van der Waals surface area (Å²) in [6.07, 6.45) is 1.06. The van der Waals surface area contributed by atoms with Crippen LogP contribution < -0.4 is 10.6 Å². The van der Waals surface area contributed by atoms with E-state index >= 15 is 0 Å². The van der Waals surface area contributed by atoms with E-state index in [0.717, 1.165) is 26.1 Å². The Morgan fingerprint density at radius 1 is 1.24 bits per heavy atom. The lowest BCUT2D eigenvalue weighted by atomic mass is 10.0. The molecule has 1 aromatic rings. The summed E-state index contributed by atoms with van der Waals surface area (Å²) in [7, 11) is 2.20. The Hall–Kier alpha value is -1.06. The van der Waals surface area contributed by atoms with E-state index in [-0.39, 0.29) is 0 Å². The molecule has 1 aliphatic heterocycles. The highest BCUT2D eigenvalue weighted by atomic mass is 15.3. The van der Waals surface area contributed by atoms with Crippen LogP contribution >= 0.6 is 0 Å². The number of nitrogens with two attached hydrogens (primary N) is 1. The Bertz CT molecular complexity index is 339. The van der Waals surface area contributed by atoms with Crippen LogP contribution in [-0.4, -0.2) is 43.7 Å². The lowest BCUT2D eigenvalue weighted by Crippen LogP contribution is -2.56. The van der Waals surface area contributed by atoms with Crippen molar-refractivity contribution in [3.05, 3.63) is 30.3 Å². The standard InChI is InChI=1S/C14H23N3/c1-12-10-17(13-6-4-3-5-7-13)14(8-9-15)11-16(12)2/h3-7,12,14H,8-11,15H2,1-2H3. The first-order valence-electron chi connectivity index (χ1n) is 6.44. The van der Waals surface area contributed by atoms with Gasteiger partial charge in [0.25, 0.3) is 0 Å². The predicted octanol–water partition coefficient (Wildman–Crippen LogP) is 1.54. The predicted molar refractivity (Wildman–Crippen MR) is 73.3 cm³/mol. The van der Waals surface area contributed by atoms with Gasteiger partial charge in [-0.3, -0.25) is 4.90 Å². The zero-order valence-electron chi connectivity index (χ0n) is 10.8. The molecule has 2 N–H and O–H groups in total. The van der Waals surface area contributed by atoms with Crippen molar-refractivity contribution in [2.75, 3.05) is 31.6 Å². The summed E-state index contributed by atoms with van der Waals surface area (Å²) in [6, 6.07) is 11.8. The summed E-state index contributed by atoms with van der Waals surface area (Å²) < 4.78 is 0. The highest BCUT2D eigenvalue weighted by Crippen LogP contribution is 2.23. The van der Waals surface area contributed by atoms with Crippen LogP contribution in [0, 0.1) is 0 Å². The van der Waals surface area contributed by atoms with Crippen molar-refractivity contribution in [2.24, 2.45) is 5.73 Å². The molecule has 2 unspecified atom stereocenters. The van der Waals surface area contributed by atoms with E-state index in [1.807, 2.05) is 0 Å². The molecule has 1 aliphatic rings. The molecule has 2 rings (SSSR count). The maximum Gasteiger partial charge on any atom is 0.0429 e. The van der Waals surface area contributed by atoms with Gasteiger partial charge in [0.15, 0.2) is 0 Å². The SMILES string of the molecule is CC1CN(c2ccccc2)C(CCN)CN1C. The van der Waals surface area contributed by atoms with Gasteiger partial charge in [-0.1, -0.05) is 18.2 Å². The second kappa shape index (κ2) is 5.52. The van der Waals surface area contributed by atoms with Crippen molar-refractivity contribution in [2.45, 2.75) is 25.4 Å². The number of para-hydroxylation sites is 1. The van der Waals surface area contributed by atoms with Crippen LogP contribution in [0.4, 0.5) is 5.69 Å². The second-order valence-corrected chi connectivity index (χ2v) is 5.01. The highest BCUT2D eigenvalue weighted by Gasteiger charge is 2.28.